The van der Waals surface area contributed by atoms with Gasteiger partial charge in [-0.25, -0.2) is 4.98 Å². The van der Waals surface area contributed by atoms with Crippen molar-refractivity contribution in [1.82, 2.24) is 9.97 Å². The average molecular weight is 153 g/mol. The Labute approximate surface area is 67.0 Å². The highest BCUT2D eigenvalue weighted by Gasteiger charge is 2.05. The number of unbranched alkanes of at least 4 members (excludes halogenated alkanes) is 1. The summed E-state index contributed by atoms with van der Waals surface area (Å²) in [6.45, 7) is 2.16. The fourth-order valence-electron chi connectivity index (χ4n) is 1.04. The number of H-pyrrole nitrogens is 1. The molecule has 0 aliphatic rings. The summed E-state index contributed by atoms with van der Waals surface area (Å²) in [7, 11) is 0. The molecule has 0 spiro atoms. The highest BCUT2D eigenvalue weighted by Crippen LogP contribution is 2.11. The van der Waals surface area contributed by atoms with Crippen molar-refractivity contribution in [3.63, 3.8) is 0 Å². The lowest BCUT2D eigenvalue weighted by Gasteiger charge is -2.06. The molecule has 0 saturated carbocycles. The Morgan fingerprint density at radius 1 is 1.73 bits per heavy atom. The highest BCUT2D eigenvalue weighted by molar-refractivity contribution is 4.93. The number of hydrogen-bond donors (Lipinski definition) is 2. The summed E-state index contributed by atoms with van der Waals surface area (Å²) in [4.78, 5) is 7.10. The molecular weight excluding hydrogens is 138 g/mol. The summed E-state index contributed by atoms with van der Waals surface area (Å²) in [5.74, 6) is 0.901. The van der Waals surface area contributed by atoms with Gasteiger partial charge in [-0.3, -0.25) is 0 Å². The van der Waals surface area contributed by atoms with E-state index in [0.717, 1.165) is 12.2 Å². The van der Waals surface area contributed by atoms with Gasteiger partial charge >= 0.3 is 0 Å². The van der Waals surface area contributed by atoms with Crippen molar-refractivity contribution in [3.8, 4) is 0 Å². The molecule has 1 rings (SSSR count). The second-order valence-corrected chi connectivity index (χ2v) is 2.72. The number of imidazole rings is 1. The smallest absolute Gasteiger partial charge is 0.123 e. The molecule has 3 nitrogen and oxygen atoms in total. The third-order valence-electron chi connectivity index (χ3n) is 1.74. The first-order valence-corrected chi connectivity index (χ1v) is 4.09. The normalized spacial score (nSPS) is 13.3. The van der Waals surface area contributed by atoms with Gasteiger partial charge in [0.15, 0.2) is 0 Å². The summed E-state index contributed by atoms with van der Waals surface area (Å²) < 4.78 is 0. The standard InChI is InChI=1S/C8H15N3/c1-2-3-4-7(9)8-10-5-6-11-8/h5-7H,2-4,9H2,1H3,(H,10,11)/t7-/m0/s1. The van der Waals surface area contributed by atoms with Crippen molar-refractivity contribution in [2.24, 2.45) is 5.73 Å². The van der Waals surface area contributed by atoms with Gasteiger partial charge in [-0.1, -0.05) is 19.8 Å². The highest BCUT2D eigenvalue weighted by atomic mass is 14.9. The van der Waals surface area contributed by atoms with Gasteiger partial charge in [0, 0.05) is 12.4 Å². The monoisotopic (exact) mass is 153 g/mol. The largest absolute Gasteiger partial charge is 0.347 e. The number of hydrogen-bond acceptors (Lipinski definition) is 2. The maximum Gasteiger partial charge on any atom is 0.123 e. The summed E-state index contributed by atoms with van der Waals surface area (Å²) in [5.41, 5.74) is 5.83. The van der Waals surface area contributed by atoms with Crippen molar-refractivity contribution in [3.05, 3.63) is 18.2 Å². The minimum absolute atomic E-state index is 0.0879. The molecule has 1 aromatic heterocycles. The molecular formula is C8H15N3. The Kier molecular flexibility index (Phi) is 3.11. The zero-order chi connectivity index (χ0) is 8.10. The molecule has 0 bridgehead atoms. The molecule has 11 heavy (non-hydrogen) atoms. The van der Waals surface area contributed by atoms with Crippen molar-refractivity contribution >= 4 is 0 Å². The van der Waals surface area contributed by atoms with Gasteiger partial charge in [0.2, 0.25) is 0 Å². The SMILES string of the molecule is CCCC[C@H](N)c1ncc[nH]1. The van der Waals surface area contributed by atoms with Crippen LogP contribution < -0.4 is 5.73 Å². The Balaban J connectivity index is 2.36. The van der Waals surface area contributed by atoms with Crippen LogP contribution in [0.4, 0.5) is 0 Å². The molecule has 3 heteroatoms. The second kappa shape index (κ2) is 4.13. The van der Waals surface area contributed by atoms with Crippen molar-refractivity contribution in [2.75, 3.05) is 0 Å². The van der Waals surface area contributed by atoms with Crippen molar-refractivity contribution in [1.29, 1.82) is 0 Å². The van der Waals surface area contributed by atoms with Crippen LogP contribution in [-0.2, 0) is 0 Å². The topological polar surface area (TPSA) is 54.7 Å². The second-order valence-electron chi connectivity index (χ2n) is 2.72. The van der Waals surface area contributed by atoms with Crippen LogP contribution in [0.25, 0.3) is 0 Å². The van der Waals surface area contributed by atoms with Gasteiger partial charge in [0.05, 0.1) is 6.04 Å². The number of rotatable bonds is 4. The number of nitrogens with two attached hydrogens (primary N) is 1. The molecule has 1 heterocycles. The van der Waals surface area contributed by atoms with Gasteiger partial charge in [-0.05, 0) is 6.42 Å². The van der Waals surface area contributed by atoms with E-state index in [9.17, 15) is 0 Å². The third-order valence-corrected chi connectivity index (χ3v) is 1.74. The molecule has 62 valence electrons. The lowest BCUT2D eigenvalue weighted by atomic mass is 10.1. The van der Waals surface area contributed by atoms with E-state index in [1.807, 2.05) is 0 Å². The molecule has 0 aliphatic carbocycles. The Morgan fingerprint density at radius 3 is 3.09 bits per heavy atom. The number of aromatic nitrogens is 2. The van der Waals surface area contributed by atoms with Crippen LogP contribution in [0, 0.1) is 0 Å². The minimum atomic E-state index is 0.0879. The van der Waals surface area contributed by atoms with Gasteiger partial charge in [0.25, 0.3) is 0 Å². The van der Waals surface area contributed by atoms with E-state index in [0.29, 0.717) is 0 Å². The van der Waals surface area contributed by atoms with Crippen LogP contribution in [0.3, 0.4) is 0 Å². The van der Waals surface area contributed by atoms with Gasteiger partial charge in [-0.15, -0.1) is 0 Å². The van der Waals surface area contributed by atoms with Crippen LogP contribution in [0.1, 0.15) is 38.1 Å². The van der Waals surface area contributed by atoms with E-state index in [2.05, 4.69) is 16.9 Å². The fraction of sp³-hybridized carbons (Fsp3) is 0.625. The Bertz CT molecular complexity index is 181. The Morgan fingerprint density at radius 2 is 2.55 bits per heavy atom. The maximum atomic E-state index is 5.83. The molecule has 0 aromatic carbocycles. The third kappa shape index (κ3) is 2.35. The molecule has 0 unspecified atom stereocenters. The molecule has 0 fully saturated rings. The summed E-state index contributed by atoms with van der Waals surface area (Å²) in [6, 6.07) is 0.0879. The van der Waals surface area contributed by atoms with E-state index in [1.165, 1.54) is 12.8 Å². The molecule has 3 N–H and O–H groups in total. The predicted octanol–water partition coefficient (Wildman–Crippen LogP) is 1.60. The van der Waals surface area contributed by atoms with Crippen molar-refractivity contribution < 1.29 is 0 Å². The summed E-state index contributed by atoms with van der Waals surface area (Å²) in [6.07, 6.45) is 6.92. The first-order valence-electron chi connectivity index (χ1n) is 4.09. The van der Waals surface area contributed by atoms with Gasteiger partial charge in [-0.2, -0.15) is 0 Å². The first-order chi connectivity index (χ1) is 5.34. The molecule has 0 amide bonds. The maximum absolute atomic E-state index is 5.83. The van der Waals surface area contributed by atoms with Crippen LogP contribution >= 0.6 is 0 Å². The zero-order valence-electron chi connectivity index (χ0n) is 6.88. The summed E-state index contributed by atoms with van der Waals surface area (Å²) in [5, 5.41) is 0. The molecule has 1 atom stereocenters. The number of nitrogens with zero attached hydrogens (tertiary/aromatic N) is 1. The Hall–Kier alpha value is -0.830. The van der Waals surface area contributed by atoms with Crippen LogP contribution in [0.2, 0.25) is 0 Å². The van der Waals surface area contributed by atoms with Crippen LogP contribution in [0.5, 0.6) is 0 Å². The van der Waals surface area contributed by atoms with Gasteiger partial charge < -0.3 is 10.7 Å². The average Bonchev–Trinajstić information content (AvgIpc) is 2.52. The predicted molar refractivity (Wildman–Crippen MR) is 45.0 cm³/mol. The van der Waals surface area contributed by atoms with Crippen LogP contribution in [0.15, 0.2) is 12.4 Å². The lowest BCUT2D eigenvalue weighted by molar-refractivity contribution is 0.580. The molecule has 0 radical (unpaired) electrons. The summed E-state index contributed by atoms with van der Waals surface area (Å²) >= 11 is 0. The number of nitrogens with one attached hydrogen (secondary N) is 1. The van der Waals surface area contributed by atoms with Crippen LogP contribution in [-0.4, -0.2) is 9.97 Å². The zero-order valence-corrected chi connectivity index (χ0v) is 6.88. The van der Waals surface area contributed by atoms with E-state index < -0.39 is 0 Å². The van der Waals surface area contributed by atoms with E-state index >= 15 is 0 Å². The fourth-order valence-corrected chi connectivity index (χ4v) is 1.04. The van der Waals surface area contributed by atoms with E-state index in [1.54, 1.807) is 12.4 Å². The quantitative estimate of drug-likeness (QED) is 0.690. The molecule has 0 saturated heterocycles. The van der Waals surface area contributed by atoms with E-state index in [4.69, 9.17) is 5.73 Å². The van der Waals surface area contributed by atoms with Crippen molar-refractivity contribution in [2.45, 2.75) is 32.2 Å². The molecule has 0 aliphatic heterocycles. The van der Waals surface area contributed by atoms with Gasteiger partial charge in [0.1, 0.15) is 5.82 Å². The minimum Gasteiger partial charge on any atom is -0.347 e. The van der Waals surface area contributed by atoms with E-state index in [-0.39, 0.29) is 6.04 Å². The lowest BCUT2D eigenvalue weighted by Crippen LogP contribution is -2.11. The first kappa shape index (κ1) is 8.27. The molecule has 1 aromatic rings. The number of aromatic amines is 1.